The van der Waals surface area contributed by atoms with Gasteiger partial charge in [-0.15, -0.1) is 6.42 Å². The molecule has 2 N–H and O–H groups in total. The molecular formula is C36H35ClFN5O3. The van der Waals surface area contributed by atoms with Gasteiger partial charge < -0.3 is 24.8 Å². The molecule has 4 atom stereocenters. The standard InChI is InChI=1S/C36H35ClFN5O3/c1-2-26-30(37)8-3-20-11-24(44)13-29(31(20)26)27-6-7-28-33(32(27)38)40-35(41-34(28)42-14-21-4-5-22(15-42)39-21)46-19-36(9-10-36)18-43-16-25-12-23(43)17-45-25/h1,3,6-8,11,13,21-23,25,39,44H,4-5,9-10,12,14-19H2/t21?,22?,23-,25-/m1/s1. The molecule has 10 heteroatoms. The lowest BCUT2D eigenvalue weighted by Gasteiger charge is -2.34. The van der Waals surface area contributed by atoms with E-state index in [1.807, 2.05) is 6.07 Å². The minimum absolute atomic E-state index is 0.00324. The molecular weight excluding hydrogens is 605 g/mol. The van der Waals surface area contributed by atoms with Gasteiger partial charge in [-0.2, -0.15) is 9.97 Å². The number of hydrogen-bond acceptors (Lipinski definition) is 8. The second-order valence-corrected chi connectivity index (χ2v) is 14.3. The third-order valence-electron chi connectivity index (χ3n) is 10.8. The zero-order valence-corrected chi connectivity index (χ0v) is 26.2. The molecule has 1 saturated carbocycles. The SMILES string of the molecule is C#Cc1c(Cl)ccc2cc(O)cc(-c3ccc4c(N5CC6CCC(C5)N6)nc(OCC5(CN6C[C@H]7C[C@@H]6CO7)CC5)nc4c3F)c12. The lowest BCUT2D eigenvalue weighted by molar-refractivity contribution is 0.0176. The number of piperazine rings is 1. The number of rotatable bonds is 7. The van der Waals surface area contributed by atoms with Crippen LogP contribution in [0.3, 0.4) is 0 Å². The van der Waals surface area contributed by atoms with Gasteiger partial charge in [0.05, 0.1) is 29.9 Å². The van der Waals surface area contributed by atoms with Gasteiger partial charge in [-0.25, -0.2) is 4.39 Å². The van der Waals surface area contributed by atoms with E-state index in [0.717, 1.165) is 64.9 Å². The molecule has 4 aromatic rings. The van der Waals surface area contributed by atoms with Gasteiger partial charge in [-0.1, -0.05) is 29.7 Å². The molecule has 5 fully saturated rings. The number of halogens is 2. The quantitative estimate of drug-likeness (QED) is 0.257. The van der Waals surface area contributed by atoms with Crippen LogP contribution in [-0.2, 0) is 4.74 Å². The van der Waals surface area contributed by atoms with Crippen LogP contribution in [0.1, 0.15) is 37.7 Å². The van der Waals surface area contributed by atoms with Crippen molar-refractivity contribution in [1.82, 2.24) is 20.2 Å². The number of anilines is 1. The monoisotopic (exact) mass is 639 g/mol. The molecule has 1 aromatic heterocycles. The van der Waals surface area contributed by atoms with Crippen molar-refractivity contribution in [2.45, 2.75) is 56.3 Å². The summed E-state index contributed by atoms with van der Waals surface area (Å²) in [5.41, 5.74) is 1.41. The molecule has 4 aliphatic heterocycles. The topological polar surface area (TPSA) is 83.0 Å². The molecule has 9 rings (SSSR count). The summed E-state index contributed by atoms with van der Waals surface area (Å²) in [6.07, 6.45) is 11.8. The van der Waals surface area contributed by atoms with Crippen LogP contribution < -0.4 is 15.0 Å². The smallest absolute Gasteiger partial charge is 0.319 e. The maximum Gasteiger partial charge on any atom is 0.319 e. The second kappa shape index (κ2) is 10.7. The fourth-order valence-electron chi connectivity index (χ4n) is 8.23. The summed E-state index contributed by atoms with van der Waals surface area (Å²) in [6, 6.07) is 11.6. The highest BCUT2D eigenvalue weighted by atomic mass is 35.5. The number of aromatic nitrogens is 2. The molecule has 4 bridgehead atoms. The van der Waals surface area contributed by atoms with Gasteiger partial charge in [0.25, 0.3) is 0 Å². The van der Waals surface area contributed by atoms with Crippen LogP contribution in [0.5, 0.6) is 11.8 Å². The number of morpholine rings is 1. The predicted octanol–water partition coefficient (Wildman–Crippen LogP) is 5.50. The van der Waals surface area contributed by atoms with Crippen molar-refractivity contribution in [2.24, 2.45) is 5.41 Å². The van der Waals surface area contributed by atoms with Crippen molar-refractivity contribution in [2.75, 3.05) is 44.3 Å². The minimum Gasteiger partial charge on any atom is -0.508 e. The first-order chi connectivity index (χ1) is 22.4. The Kier molecular flexibility index (Phi) is 6.62. The van der Waals surface area contributed by atoms with Crippen LogP contribution in [0.15, 0.2) is 36.4 Å². The minimum atomic E-state index is -0.520. The number of nitrogens with zero attached hydrogens (tertiary/aromatic N) is 4. The van der Waals surface area contributed by atoms with Crippen molar-refractivity contribution in [1.29, 1.82) is 0 Å². The number of ether oxygens (including phenoxy) is 2. The number of fused-ring (bicyclic) bond motifs is 6. The molecule has 0 amide bonds. The van der Waals surface area contributed by atoms with Gasteiger partial charge in [0.1, 0.15) is 17.1 Å². The Morgan fingerprint density at radius 2 is 1.93 bits per heavy atom. The van der Waals surface area contributed by atoms with E-state index < -0.39 is 5.82 Å². The average molecular weight is 640 g/mol. The molecule has 3 aromatic carbocycles. The Labute approximate surface area is 271 Å². The number of benzene rings is 3. The molecule has 5 heterocycles. The maximum absolute atomic E-state index is 16.9. The Bertz CT molecular complexity index is 1930. The fraction of sp³-hybridized carbons (Fsp3) is 0.444. The van der Waals surface area contributed by atoms with E-state index in [2.05, 4.69) is 21.0 Å². The Morgan fingerprint density at radius 1 is 1.11 bits per heavy atom. The van der Waals surface area contributed by atoms with E-state index in [4.69, 9.17) is 37.5 Å². The first-order valence-corrected chi connectivity index (χ1v) is 16.7. The summed E-state index contributed by atoms with van der Waals surface area (Å²) in [5.74, 6) is 2.84. The molecule has 1 aliphatic carbocycles. The van der Waals surface area contributed by atoms with E-state index in [-0.39, 0.29) is 28.3 Å². The number of phenolic OH excluding ortho intramolecular Hbond substituents is 1. The first kappa shape index (κ1) is 28.5. The zero-order chi connectivity index (χ0) is 31.2. The summed E-state index contributed by atoms with van der Waals surface area (Å²) in [6.45, 7) is 4.84. The van der Waals surface area contributed by atoms with E-state index in [1.165, 1.54) is 6.07 Å². The third kappa shape index (κ3) is 4.77. The summed E-state index contributed by atoms with van der Waals surface area (Å²) < 4.78 is 29.1. The van der Waals surface area contributed by atoms with Crippen molar-refractivity contribution < 1.29 is 19.0 Å². The summed E-state index contributed by atoms with van der Waals surface area (Å²) in [4.78, 5) is 14.5. The van der Waals surface area contributed by atoms with E-state index in [1.54, 1.807) is 24.3 Å². The van der Waals surface area contributed by atoms with Crippen molar-refractivity contribution in [3.63, 3.8) is 0 Å². The van der Waals surface area contributed by atoms with Crippen molar-refractivity contribution in [3.05, 3.63) is 52.8 Å². The highest BCUT2D eigenvalue weighted by Gasteiger charge is 2.49. The maximum atomic E-state index is 16.9. The van der Waals surface area contributed by atoms with Crippen LogP contribution in [-0.4, -0.2) is 83.6 Å². The van der Waals surface area contributed by atoms with Gasteiger partial charge in [0.15, 0.2) is 5.82 Å². The lowest BCUT2D eigenvalue weighted by atomic mass is 9.93. The molecule has 0 radical (unpaired) electrons. The Hall–Kier alpha value is -3.68. The molecule has 46 heavy (non-hydrogen) atoms. The van der Waals surface area contributed by atoms with Gasteiger partial charge in [0.2, 0.25) is 0 Å². The first-order valence-electron chi connectivity index (χ1n) is 16.3. The number of aromatic hydroxyl groups is 1. The summed E-state index contributed by atoms with van der Waals surface area (Å²) >= 11 is 6.49. The molecule has 0 spiro atoms. The number of terminal acetylenes is 1. The number of nitrogens with one attached hydrogen (secondary N) is 1. The van der Waals surface area contributed by atoms with Crippen LogP contribution >= 0.6 is 11.6 Å². The fourth-order valence-corrected chi connectivity index (χ4v) is 8.45. The third-order valence-corrected chi connectivity index (χ3v) is 11.1. The summed E-state index contributed by atoms with van der Waals surface area (Å²) in [5, 5.41) is 16.6. The Balaban J connectivity index is 1.13. The van der Waals surface area contributed by atoms with Gasteiger partial charge in [-0.05, 0) is 67.3 Å². The van der Waals surface area contributed by atoms with Gasteiger partial charge in [0, 0.05) is 66.1 Å². The van der Waals surface area contributed by atoms with E-state index in [9.17, 15) is 5.11 Å². The highest BCUT2D eigenvalue weighted by molar-refractivity contribution is 6.33. The number of phenols is 1. The predicted molar refractivity (Wildman–Crippen MR) is 176 cm³/mol. The van der Waals surface area contributed by atoms with E-state index >= 15 is 4.39 Å². The molecule has 8 nitrogen and oxygen atoms in total. The van der Waals surface area contributed by atoms with Crippen molar-refractivity contribution in [3.8, 4) is 35.2 Å². The molecule has 236 valence electrons. The molecule has 4 saturated heterocycles. The average Bonchev–Trinajstić information content (AvgIpc) is 3.31. The van der Waals surface area contributed by atoms with E-state index in [0.29, 0.717) is 69.0 Å². The second-order valence-electron chi connectivity index (χ2n) is 13.9. The number of hydrogen-bond donors (Lipinski definition) is 2. The number of likely N-dealkylation sites (tertiary alicyclic amines) is 1. The lowest BCUT2D eigenvalue weighted by Crippen LogP contribution is -2.51. The van der Waals surface area contributed by atoms with Crippen LogP contribution in [0, 0.1) is 23.6 Å². The normalized spacial score (nSPS) is 26.2. The van der Waals surface area contributed by atoms with Crippen LogP contribution in [0.4, 0.5) is 10.2 Å². The zero-order valence-electron chi connectivity index (χ0n) is 25.4. The molecule has 2 unspecified atom stereocenters. The molecule has 5 aliphatic rings. The van der Waals surface area contributed by atoms with Crippen LogP contribution in [0.25, 0.3) is 32.8 Å². The highest BCUT2D eigenvalue weighted by Crippen LogP contribution is 2.48. The van der Waals surface area contributed by atoms with Gasteiger partial charge in [-0.3, -0.25) is 4.90 Å². The largest absolute Gasteiger partial charge is 0.508 e. The van der Waals surface area contributed by atoms with Crippen molar-refractivity contribution >= 4 is 39.1 Å². The summed E-state index contributed by atoms with van der Waals surface area (Å²) in [7, 11) is 0. The van der Waals surface area contributed by atoms with Crippen LogP contribution in [0.2, 0.25) is 5.02 Å². The Morgan fingerprint density at radius 3 is 2.65 bits per heavy atom. The van der Waals surface area contributed by atoms with Gasteiger partial charge >= 0.3 is 6.01 Å².